The number of thioether (sulfide) groups is 1. The summed E-state index contributed by atoms with van der Waals surface area (Å²) in [5.41, 5.74) is 1.41. The Morgan fingerprint density at radius 3 is 3.00 bits per heavy atom. The summed E-state index contributed by atoms with van der Waals surface area (Å²) >= 11 is 4.77. The second-order valence-electron chi connectivity index (χ2n) is 6.09. The van der Waals surface area contributed by atoms with Crippen LogP contribution in [0.2, 0.25) is 0 Å². The molecular formula is C19H17N3O3S3. The van der Waals surface area contributed by atoms with Crippen LogP contribution in [0.4, 0.5) is 5.13 Å². The number of hydrogen-bond acceptors (Lipinski definition) is 9. The standard InChI is InChI=1S/C19H17N3O3S3/c1-11-15(23)5-4-14-12(9-16(24)25-17(11)14)10-27-19-22-21-18(28-19)20-7-6-13-3-2-8-26-13/h2-5,8-9,23H,6-7,10H2,1H3,(H,20,21). The summed E-state index contributed by atoms with van der Waals surface area (Å²) < 4.78 is 6.11. The van der Waals surface area contributed by atoms with E-state index in [1.807, 2.05) is 0 Å². The molecule has 28 heavy (non-hydrogen) atoms. The number of hydrogen-bond donors (Lipinski definition) is 2. The molecule has 0 aliphatic rings. The highest BCUT2D eigenvalue weighted by Crippen LogP contribution is 2.32. The van der Waals surface area contributed by atoms with Crippen molar-refractivity contribution in [1.29, 1.82) is 0 Å². The van der Waals surface area contributed by atoms with Crippen molar-refractivity contribution in [3.05, 3.63) is 62.1 Å². The number of nitrogens with one attached hydrogen (secondary N) is 1. The van der Waals surface area contributed by atoms with Gasteiger partial charge in [-0.05, 0) is 42.5 Å². The predicted molar refractivity (Wildman–Crippen MR) is 115 cm³/mol. The molecule has 1 aromatic carbocycles. The molecule has 0 atom stereocenters. The zero-order valence-corrected chi connectivity index (χ0v) is 17.4. The molecule has 0 amide bonds. The number of phenols is 1. The smallest absolute Gasteiger partial charge is 0.336 e. The highest BCUT2D eigenvalue weighted by molar-refractivity contribution is 8.00. The Kier molecular flexibility index (Phi) is 5.65. The number of nitrogens with zero attached hydrogens (tertiary/aromatic N) is 2. The predicted octanol–water partition coefficient (Wildman–Crippen LogP) is 4.67. The minimum Gasteiger partial charge on any atom is -0.508 e. The molecule has 0 fully saturated rings. The normalized spacial score (nSPS) is 11.2. The van der Waals surface area contributed by atoms with E-state index in [2.05, 4.69) is 33.0 Å². The zero-order chi connectivity index (χ0) is 19.5. The van der Waals surface area contributed by atoms with E-state index in [4.69, 9.17) is 4.42 Å². The topological polar surface area (TPSA) is 88.3 Å². The molecule has 0 saturated heterocycles. The molecule has 0 spiro atoms. The third kappa shape index (κ3) is 4.21. The first kappa shape index (κ1) is 19.0. The van der Waals surface area contributed by atoms with E-state index >= 15 is 0 Å². The van der Waals surface area contributed by atoms with Gasteiger partial charge in [0.15, 0.2) is 4.34 Å². The second-order valence-corrected chi connectivity index (χ2v) is 9.33. The lowest BCUT2D eigenvalue weighted by Crippen LogP contribution is -2.03. The number of fused-ring (bicyclic) bond motifs is 1. The van der Waals surface area contributed by atoms with Gasteiger partial charge in [0.2, 0.25) is 5.13 Å². The molecule has 2 N–H and O–H groups in total. The molecule has 4 rings (SSSR count). The van der Waals surface area contributed by atoms with Gasteiger partial charge in [0.25, 0.3) is 0 Å². The van der Waals surface area contributed by atoms with Crippen molar-refractivity contribution in [2.24, 2.45) is 0 Å². The van der Waals surface area contributed by atoms with Crippen LogP contribution in [0.25, 0.3) is 11.0 Å². The van der Waals surface area contributed by atoms with Crippen molar-refractivity contribution in [1.82, 2.24) is 10.2 Å². The molecule has 6 nitrogen and oxygen atoms in total. The average Bonchev–Trinajstić information content (AvgIpc) is 3.35. The van der Waals surface area contributed by atoms with E-state index in [0.717, 1.165) is 33.4 Å². The average molecular weight is 432 g/mol. The maximum Gasteiger partial charge on any atom is 0.336 e. The van der Waals surface area contributed by atoms with Crippen LogP contribution in [0.3, 0.4) is 0 Å². The molecule has 0 aliphatic heterocycles. The highest BCUT2D eigenvalue weighted by atomic mass is 32.2. The maximum absolute atomic E-state index is 11.9. The van der Waals surface area contributed by atoms with Crippen molar-refractivity contribution in [3.63, 3.8) is 0 Å². The monoisotopic (exact) mass is 431 g/mol. The van der Waals surface area contributed by atoms with E-state index in [1.54, 1.807) is 30.4 Å². The van der Waals surface area contributed by atoms with Gasteiger partial charge in [0.05, 0.1) is 0 Å². The SMILES string of the molecule is Cc1c(O)ccc2c(CSc3nnc(NCCc4cccs4)s3)cc(=O)oc12. The van der Waals surface area contributed by atoms with Crippen LogP contribution in [0.15, 0.2) is 49.3 Å². The van der Waals surface area contributed by atoms with Crippen molar-refractivity contribution in [3.8, 4) is 5.75 Å². The van der Waals surface area contributed by atoms with Crippen LogP contribution in [0, 0.1) is 6.92 Å². The van der Waals surface area contributed by atoms with Crippen molar-refractivity contribution in [2.45, 2.75) is 23.4 Å². The molecule has 144 valence electrons. The fourth-order valence-corrected chi connectivity index (χ4v) is 5.24. The van der Waals surface area contributed by atoms with Gasteiger partial charge >= 0.3 is 5.63 Å². The summed E-state index contributed by atoms with van der Waals surface area (Å²) in [7, 11) is 0. The minimum atomic E-state index is -0.426. The number of thiophene rings is 1. The first-order valence-electron chi connectivity index (χ1n) is 8.58. The molecule has 0 aliphatic carbocycles. The first-order valence-corrected chi connectivity index (χ1v) is 11.3. The molecule has 0 radical (unpaired) electrons. The van der Waals surface area contributed by atoms with Crippen LogP contribution in [-0.2, 0) is 12.2 Å². The Bertz CT molecular complexity index is 1150. The van der Waals surface area contributed by atoms with Crippen molar-refractivity contribution >= 4 is 50.5 Å². The summed E-state index contributed by atoms with van der Waals surface area (Å²) in [5, 5.41) is 25.2. The summed E-state index contributed by atoms with van der Waals surface area (Å²) in [5.74, 6) is 0.679. The summed E-state index contributed by atoms with van der Waals surface area (Å²) in [6.07, 6.45) is 0.956. The molecule has 4 aromatic rings. The van der Waals surface area contributed by atoms with Crippen molar-refractivity contribution < 1.29 is 9.52 Å². The molecular weight excluding hydrogens is 414 g/mol. The fraction of sp³-hybridized carbons (Fsp3) is 0.211. The highest BCUT2D eigenvalue weighted by Gasteiger charge is 2.12. The number of anilines is 1. The number of rotatable bonds is 7. The Labute approximate surface area is 173 Å². The van der Waals surface area contributed by atoms with Crippen molar-refractivity contribution in [2.75, 3.05) is 11.9 Å². The van der Waals surface area contributed by atoms with Gasteiger partial charge in [-0.25, -0.2) is 4.79 Å². The van der Waals surface area contributed by atoms with E-state index in [0.29, 0.717) is 16.9 Å². The lowest BCUT2D eigenvalue weighted by molar-refractivity contribution is 0.468. The molecule has 0 unspecified atom stereocenters. The first-order chi connectivity index (χ1) is 13.6. The lowest BCUT2D eigenvalue weighted by Gasteiger charge is -2.07. The number of aromatic hydroxyl groups is 1. The van der Waals surface area contributed by atoms with E-state index < -0.39 is 5.63 Å². The molecule has 0 saturated carbocycles. The quantitative estimate of drug-likeness (QED) is 0.325. The Morgan fingerprint density at radius 1 is 1.29 bits per heavy atom. The van der Waals surface area contributed by atoms with Gasteiger partial charge in [-0.3, -0.25) is 0 Å². The van der Waals surface area contributed by atoms with Crippen LogP contribution >= 0.6 is 34.4 Å². The van der Waals surface area contributed by atoms with Gasteiger partial charge in [-0.1, -0.05) is 29.2 Å². The fourth-order valence-electron chi connectivity index (χ4n) is 2.76. The molecule has 3 aromatic heterocycles. The van der Waals surface area contributed by atoms with Gasteiger partial charge < -0.3 is 14.8 Å². The van der Waals surface area contributed by atoms with Gasteiger partial charge in [0, 0.05) is 34.2 Å². The summed E-state index contributed by atoms with van der Waals surface area (Å²) in [6, 6.07) is 9.06. The summed E-state index contributed by atoms with van der Waals surface area (Å²) in [4.78, 5) is 13.2. The van der Waals surface area contributed by atoms with Gasteiger partial charge in [-0.2, -0.15) is 0 Å². The van der Waals surface area contributed by atoms with Gasteiger partial charge in [-0.15, -0.1) is 21.5 Å². The third-order valence-corrected chi connectivity index (χ3v) is 7.20. The maximum atomic E-state index is 11.9. The Morgan fingerprint density at radius 2 is 2.18 bits per heavy atom. The molecule has 9 heteroatoms. The van der Waals surface area contributed by atoms with Crippen LogP contribution in [-0.4, -0.2) is 21.8 Å². The van der Waals surface area contributed by atoms with Crippen LogP contribution < -0.4 is 10.9 Å². The van der Waals surface area contributed by atoms with Gasteiger partial charge in [0.1, 0.15) is 11.3 Å². The Balaban J connectivity index is 1.43. The Hall–Kier alpha value is -2.36. The van der Waals surface area contributed by atoms with E-state index in [-0.39, 0.29) is 5.75 Å². The molecule has 0 bridgehead atoms. The number of phenolic OH excluding ortho intramolecular Hbond substituents is 1. The second kappa shape index (κ2) is 8.34. The minimum absolute atomic E-state index is 0.114. The summed E-state index contributed by atoms with van der Waals surface area (Å²) in [6.45, 7) is 2.55. The van der Waals surface area contributed by atoms with E-state index in [9.17, 15) is 9.90 Å². The number of aromatic nitrogens is 2. The number of benzene rings is 1. The lowest BCUT2D eigenvalue weighted by atomic mass is 10.1. The van der Waals surface area contributed by atoms with E-state index in [1.165, 1.54) is 34.0 Å². The zero-order valence-electron chi connectivity index (χ0n) is 15.0. The van der Waals surface area contributed by atoms with Crippen LogP contribution in [0.5, 0.6) is 5.75 Å². The molecule has 3 heterocycles. The van der Waals surface area contributed by atoms with Crippen LogP contribution in [0.1, 0.15) is 16.0 Å². The number of aryl methyl sites for hydroxylation is 1. The largest absolute Gasteiger partial charge is 0.508 e. The third-order valence-electron chi connectivity index (χ3n) is 4.20.